The van der Waals surface area contributed by atoms with Crippen molar-refractivity contribution in [3.05, 3.63) is 137 Å². The molecule has 6 heteroatoms. The zero-order valence-corrected chi connectivity index (χ0v) is 20.3. The van der Waals surface area contributed by atoms with Crippen molar-refractivity contribution in [2.45, 2.75) is 25.4 Å². The first kappa shape index (κ1) is 23.8. The summed E-state index contributed by atoms with van der Waals surface area (Å²) < 4.78 is 15.6. The number of hydrogen-bond donors (Lipinski definition) is 1. The van der Waals surface area contributed by atoms with Crippen LogP contribution in [0.25, 0.3) is 10.9 Å². The highest BCUT2D eigenvalue weighted by atomic mass is 35.5. The maximum absolute atomic E-state index is 13.4. The van der Waals surface area contributed by atoms with Crippen LogP contribution in [0.4, 0.5) is 4.39 Å². The first-order valence-corrected chi connectivity index (χ1v) is 12.2. The van der Waals surface area contributed by atoms with Crippen LogP contribution in [0.15, 0.2) is 104 Å². The number of pyridine rings is 1. The number of nitrogens with zero attached hydrogens (tertiary/aromatic N) is 2. The molecule has 4 nitrogen and oxygen atoms in total. The molecule has 1 N–H and O–H groups in total. The van der Waals surface area contributed by atoms with Crippen molar-refractivity contribution < 1.29 is 9.18 Å². The van der Waals surface area contributed by atoms with E-state index < -0.39 is 0 Å². The number of nitrogens with one attached hydrogen (secondary N) is 1. The summed E-state index contributed by atoms with van der Waals surface area (Å²) in [6.07, 6.45) is 5.81. The van der Waals surface area contributed by atoms with E-state index >= 15 is 0 Å². The first-order chi connectivity index (χ1) is 17.6. The fraction of sp³-hybridized carbons (Fsp3) is 0.133. The number of amides is 1. The number of rotatable bonds is 8. The molecule has 0 bridgehead atoms. The van der Waals surface area contributed by atoms with Crippen LogP contribution in [0.2, 0.25) is 5.02 Å². The van der Waals surface area contributed by atoms with E-state index in [4.69, 9.17) is 11.6 Å². The second kappa shape index (κ2) is 10.8. The van der Waals surface area contributed by atoms with Gasteiger partial charge in [0.25, 0.3) is 0 Å². The van der Waals surface area contributed by atoms with Gasteiger partial charge in [0, 0.05) is 59.9 Å². The molecule has 0 radical (unpaired) electrons. The molecule has 0 aliphatic rings. The van der Waals surface area contributed by atoms with Crippen molar-refractivity contribution in [1.82, 2.24) is 14.9 Å². The molecule has 0 spiro atoms. The molecule has 2 heterocycles. The average Bonchev–Trinajstić information content (AvgIpc) is 3.26. The summed E-state index contributed by atoms with van der Waals surface area (Å²) in [5.74, 6) is -0.497. The van der Waals surface area contributed by atoms with Gasteiger partial charge in [0.2, 0.25) is 5.91 Å². The van der Waals surface area contributed by atoms with Crippen LogP contribution in [0.3, 0.4) is 0 Å². The molecule has 1 atom stereocenters. The van der Waals surface area contributed by atoms with Gasteiger partial charge in [-0.1, -0.05) is 54.1 Å². The third kappa shape index (κ3) is 5.47. The molecule has 0 aliphatic carbocycles. The van der Waals surface area contributed by atoms with Gasteiger partial charge < -0.3 is 9.88 Å². The third-order valence-corrected chi connectivity index (χ3v) is 6.58. The van der Waals surface area contributed by atoms with Crippen molar-refractivity contribution in [1.29, 1.82) is 0 Å². The minimum atomic E-state index is -0.254. The smallest absolute Gasteiger partial charge is 0.221 e. The molecule has 1 amide bonds. The number of carbonyl (C=O) groups excluding carboxylic acids is 1. The maximum Gasteiger partial charge on any atom is 0.221 e. The number of para-hydroxylation sites is 1. The zero-order chi connectivity index (χ0) is 24.9. The van der Waals surface area contributed by atoms with Crippen molar-refractivity contribution in [2.24, 2.45) is 0 Å². The fourth-order valence-electron chi connectivity index (χ4n) is 4.56. The topological polar surface area (TPSA) is 46.9 Å². The van der Waals surface area contributed by atoms with Crippen molar-refractivity contribution >= 4 is 28.4 Å². The quantitative estimate of drug-likeness (QED) is 0.259. The van der Waals surface area contributed by atoms with E-state index in [1.165, 1.54) is 12.1 Å². The number of halogens is 2. The Labute approximate surface area is 214 Å². The van der Waals surface area contributed by atoms with E-state index in [-0.39, 0.29) is 24.1 Å². The molecule has 3 aromatic carbocycles. The summed E-state index contributed by atoms with van der Waals surface area (Å²) in [6.45, 7) is 1.03. The van der Waals surface area contributed by atoms with E-state index in [1.807, 2.05) is 48.5 Å². The summed E-state index contributed by atoms with van der Waals surface area (Å²) >= 11 is 6.36. The molecular formula is C30H25ClFN3O. The Balaban J connectivity index is 1.49. The highest BCUT2D eigenvalue weighted by Gasteiger charge is 2.23. The van der Waals surface area contributed by atoms with Gasteiger partial charge in [-0.05, 0) is 64.7 Å². The lowest BCUT2D eigenvalue weighted by Crippen LogP contribution is -2.25. The molecule has 36 heavy (non-hydrogen) atoms. The molecule has 0 saturated carbocycles. The van der Waals surface area contributed by atoms with Gasteiger partial charge in [0.05, 0.1) is 0 Å². The van der Waals surface area contributed by atoms with E-state index in [0.717, 1.165) is 33.2 Å². The van der Waals surface area contributed by atoms with Gasteiger partial charge in [-0.3, -0.25) is 9.78 Å². The molecule has 0 saturated heterocycles. The van der Waals surface area contributed by atoms with Crippen LogP contribution >= 0.6 is 11.6 Å². The standard InChI is InChI=1S/C30H25ClFN3O/c31-24-5-3-4-23(16-24)27(17-30(36)34-18-21-12-14-33-15-13-21)28-20-35(29-7-2-1-6-26(28)29)19-22-8-10-25(32)11-9-22/h1-16,20,27H,17-19H2,(H,34,36). The minimum Gasteiger partial charge on any atom is -0.352 e. The van der Waals surface area contributed by atoms with Crippen LogP contribution in [0.5, 0.6) is 0 Å². The summed E-state index contributed by atoms with van der Waals surface area (Å²) in [5.41, 5.74) is 5.08. The molecule has 180 valence electrons. The van der Waals surface area contributed by atoms with E-state index in [0.29, 0.717) is 18.1 Å². The second-order valence-corrected chi connectivity index (χ2v) is 9.24. The van der Waals surface area contributed by atoms with Crippen LogP contribution in [-0.4, -0.2) is 15.5 Å². The predicted molar refractivity (Wildman–Crippen MR) is 141 cm³/mol. The Kier molecular flexibility index (Phi) is 7.10. The zero-order valence-electron chi connectivity index (χ0n) is 19.6. The first-order valence-electron chi connectivity index (χ1n) is 11.8. The molecular weight excluding hydrogens is 473 g/mol. The van der Waals surface area contributed by atoms with Crippen LogP contribution in [-0.2, 0) is 17.9 Å². The SMILES string of the molecule is O=C(CC(c1cccc(Cl)c1)c1cn(Cc2ccc(F)cc2)c2ccccc12)NCc1ccncc1. The fourth-order valence-corrected chi connectivity index (χ4v) is 4.76. The maximum atomic E-state index is 13.4. The largest absolute Gasteiger partial charge is 0.352 e. The van der Waals surface area contributed by atoms with Gasteiger partial charge in [0.1, 0.15) is 5.82 Å². The molecule has 0 fully saturated rings. The van der Waals surface area contributed by atoms with Gasteiger partial charge in [-0.25, -0.2) is 4.39 Å². The van der Waals surface area contributed by atoms with Crippen LogP contribution in [0, 0.1) is 5.82 Å². The Bertz CT molecular complexity index is 1480. The monoisotopic (exact) mass is 497 g/mol. The lowest BCUT2D eigenvalue weighted by atomic mass is 9.88. The van der Waals surface area contributed by atoms with Gasteiger partial charge in [-0.2, -0.15) is 0 Å². The van der Waals surface area contributed by atoms with Gasteiger partial charge in [0.15, 0.2) is 0 Å². The number of hydrogen-bond acceptors (Lipinski definition) is 2. The molecule has 0 aliphatic heterocycles. The summed E-state index contributed by atoms with van der Waals surface area (Å²) in [7, 11) is 0. The number of benzene rings is 3. The Morgan fingerprint density at radius 2 is 1.72 bits per heavy atom. The summed E-state index contributed by atoms with van der Waals surface area (Å²) in [4.78, 5) is 17.1. The van der Waals surface area contributed by atoms with E-state index in [9.17, 15) is 9.18 Å². The van der Waals surface area contributed by atoms with Gasteiger partial charge >= 0.3 is 0 Å². The predicted octanol–water partition coefficient (Wildman–Crippen LogP) is 6.72. The van der Waals surface area contributed by atoms with Crippen molar-refractivity contribution in [3.8, 4) is 0 Å². The molecule has 2 aromatic heterocycles. The Morgan fingerprint density at radius 1 is 0.944 bits per heavy atom. The Hall–Kier alpha value is -3.96. The molecule has 5 rings (SSSR count). The molecule has 1 unspecified atom stereocenters. The number of carbonyl (C=O) groups is 1. The summed E-state index contributed by atoms with van der Waals surface area (Å²) in [6, 6.07) is 26.2. The number of aromatic nitrogens is 2. The lowest BCUT2D eigenvalue weighted by Gasteiger charge is -2.18. The third-order valence-electron chi connectivity index (χ3n) is 6.34. The highest BCUT2D eigenvalue weighted by molar-refractivity contribution is 6.30. The average molecular weight is 498 g/mol. The highest BCUT2D eigenvalue weighted by Crippen LogP contribution is 2.36. The van der Waals surface area contributed by atoms with E-state index in [2.05, 4.69) is 33.2 Å². The van der Waals surface area contributed by atoms with E-state index in [1.54, 1.807) is 24.5 Å². The van der Waals surface area contributed by atoms with Crippen LogP contribution < -0.4 is 5.32 Å². The van der Waals surface area contributed by atoms with Crippen molar-refractivity contribution in [3.63, 3.8) is 0 Å². The number of fused-ring (bicyclic) bond motifs is 1. The normalized spacial score (nSPS) is 11.9. The second-order valence-electron chi connectivity index (χ2n) is 8.80. The Morgan fingerprint density at radius 3 is 2.50 bits per heavy atom. The lowest BCUT2D eigenvalue weighted by molar-refractivity contribution is -0.121. The van der Waals surface area contributed by atoms with Crippen LogP contribution in [0.1, 0.15) is 34.6 Å². The van der Waals surface area contributed by atoms with Gasteiger partial charge in [-0.15, -0.1) is 0 Å². The van der Waals surface area contributed by atoms with Crippen molar-refractivity contribution in [2.75, 3.05) is 0 Å². The molecule has 5 aromatic rings. The minimum absolute atomic E-state index is 0.0489. The summed E-state index contributed by atoms with van der Waals surface area (Å²) in [5, 5.41) is 4.75.